The first-order valence-electron chi connectivity index (χ1n) is 4.03. The Kier molecular flexibility index (Phi) is 19.3. The predicted molar refractivity (Wildman–Crippen MR) is 50.2 cm³/mol. The van der Waals surface area contributed by atoms with E-state index < -0.39 is 0 Å². The van der Waals surface area contributed by atoms with Gasteiger partial charge in [-0.05, 0) is 19.8 Å². The molecular formula is C10H20. The molecule has 0 heterocycles. The third kappa shape index (κ3) is 15.6. The maximum atomic E-state index is 3.00. The molecule has 0 saturated carbocycles. The van der Waals surface area contributed by atoms with Gasteiger partial charge in [-0.1, -0.05) is 31.9 Å². The van der Waals surface area contributed by atoms with Gasteiger partial charge in [-0.2, -0.15) is 0 Å². The van der Waals surface area contributed by atoms with E-state index in [-0.39, 0.29) is 0 Å². The van der Waals surface area contributed by atoms with Crippen LogP contribution in [0, 0.1) is 0 Å². The highest BCUT2D eigenvalue weighted by Crippen LogP contribution is 1.98. The van der Waals surface area contributed by atoms with Crippen LogP contribution in [0.1, 0.15) is 39.5 Å². The molecule has 0 aliphatic carbocycles. The minimum atomic E-state index is 1.27. The van der Waals surface area contributed by atoms with Gasteiger partial charge in [0.2, 0.25) is 0 Å². The highest BCUT2D eigenvalue weighted by molar-refractivity contribution is 4.75. The zero-order valence-corrected chi connectivity index (χ0v) is 7.40. The topological polar surface area (TPSA) is 0 Å². The first-order valence-corrected chi connectivity index (χ1v) is 4.03. The molecule has 0 nitrogen and oxygen atoms in total. The van der Waals surface area contributed by atoms with Crippen LogP contribution in [0.5, 0.6) is 0 Å². The molecule has 0 saturated heterocycles. The van der Waals surface area contributed by atoms with Crippen LogP contribution in [0.4, 0.5) is 0 Å². The van der Waals surface area contributed by atoms with Gasteiger partial charge < -0.3 is 0 Å². The molecule has 0 N–H and O–H groups in total. The van der Waals surface area contributed by atoms with E-state index in [2.05, 4.69) is 39.2 Å². The van der Waals surface area contributed by atoms with Crippen molar-refractivity contribution in [2.45, 2.75) is 39.5 Å². The minimum Gasteiger partial charge on any atom is -0.106 e. The third-order valence-corrected chi connectivity index (χ3v) is 1.21. The second-order valence-electron chi connectivity index (χ2n) is 2.06. The molecule has 0 aliphatic rings. The number of allylic oxidation sites excluding steroid dienone is 2. The summed E-state index contributed by atoms with van der Waals surface area (Å²) in [6, 6.07) is 0. The normalized spacial score (nSPS) is 9.00. The molecule has 0 radical (unpaired) electrons. The fraction of sp³-hybridized carbons (Fsp3) is 0.600. The van der Waals surface area contributed by atoms with Gasteiger partial charge in [-0.3, -0.25) is 0 Å². The highest BCUT2D eigenvalue weighted by atomic mass is 13.8. The number of hydrogen-bond donors (Lipinski definition) is 0. The molecule has 0 spiro atoms. The van der Waals surface area contributed by atoms with Crippen molar-refractivity contribution in [1.82, 2.24) is 0 Å². The van der Waals surface area contributed by atoms with Gasteiger partial charge in [0.15, 0.2) is 0 Å². The molecule has 0 fully saturated rings. The summed E-state index contributed by atoms with van der Waals surface area (Å²) >= 11 is 0. The number of rotatable bonds is 4. The van der Waals surface area contributed by atoms with Crippen molar-refractivity contribution in [3.63, 3.8) is 0 Å². The Balaban J connectivity index is 0. The molecule has 0 rings (SSSR count). The molecule has 0 aliphatic heterocycles. The fourth-order valence-electron chi connectivity index (χ4n) is 0.679. The summed E-state index contributed by atoms with van der Waals surface area (Å²) in [6.07, 6.45) is 9.69. The van der Waals surface area contributed by atoms with E-state index in [1.54, 1.807) is 0 Å². The molecule has 0 aromatic carbocycles. The standard InChI is InChI=1S/C8H16.C2H4/c1-3-5-7-8-6-4-2;1-2/h3,5H,4,6-8H2,1-2H3;1-2H2. The van der Waals surface area contributed by atoms with Crippen molar-refractivity contribution in [2.24, 2.45) is 0 Å². The maximum absolute atomic E-state index is 3.00. The van der Waals surface area contributed by atoms with Gasteiger partial charge in [-0.15, -0.1) is 13.2 Å². The summed E-state index contributed by atoms with van der Waals surface area (Å²) in [5.41, 5.74) is 0. The van der Waals surface area contributed by atoms with Gasteiger partial charge in [0.1, 0.15) is 0 Å². The summed E-state index contributed by atoms with van der Waals surface area (Å²) in [4.78, 5) is 0. The zero-order valence-electron chi connectivity index (χ0n) is 7.40. The second kappa shape index (κ2) is 15.8. The van der Waals surface area contributed by atoms with Gasteiger partial charge >= 0.3 is 0 Å². The van der Waals surface area contributed by atoms with Gasteiger partial charge in [0.05, 0.1) is 0 Å². The Morgan fingerprint density at radius 1 is 1.20 bits per heavy atom. The molecule has 0 aromatic heterocycles. The lowest BCUT2D eigenvalue weighted by atomic mass is 10.2. The van der Waals surface area contributed by atoms with E-state index in [1.807, 2.05) is 0 Å². The monoisotopic (exact) mass is 140 g/mol. The van der Waals surface area contributed by atoms with Crippen LogP contribution in [0.15, 0.2) is 25.3 Å². The van der Waals surface area contributed by atoms with Gasteiger partial charge in [0, 0.05) is 0 Å². The SMILES string of the molecule is C=C.CC=CCCCCC. The van der Waals surface area contributed by atoms with Crippen LogP contribution >= 0.6 is 0 Å². The highest BCUT2D eigenvalue weighted by Gasteiger charge is 1.78. The Hall–Kier alpha value is -0.520. The largest absolute Gasteiger partial charge is 0.106 e. The molecular weight excluding hydrogens is 120 g/mol. The van der Waals surface area contributed by atoms with Crippen LogP contribution in [-0.4, -0.2) is 0 Å². The van der Waals surface area contributed by atoms with E-state index >= 15 is 0 Å². The van der Waals surface area contributed by atoms with Crippen LogP contribution in [0.2, 0.25) is 0 Å². The molecule has 10 heavy (non-hydrogen) atoms. The summed E-state index contributed by atoms with van der Waals surface area (Å²) < 4.78 is 0. The van der Waals surface area contributed by atoms with E-state index in [1.165, 1.54) is 25.7 Å². The van der Waals surface area contributed by atoms with Crippen molar-refractivity contribution in [3.05, 3.63) is 25.3 Å². The van der Waals surface area contributed by atoms with E-state index in [9.17, 15) is 0 Å². The average Bonchev–Trinajstić information content (AvgIpc) is 2.02. The van der Waals surface area contributed by atoms with Crippen molar-refractivity contribution in [1.29, 1.82) is 0 Å². The lowest BCUT2D eigenvalue weighted by molar-refractivity contribution is 0.729. The van der Waals surface area contributed by atoms with Gasteiger partial charge in [0.25, 0.3) is 0 Å². The van der Waals surface area contributed by atoms with Gasteiger partial charge in [-0.25, -0.2) is 0 Å². The van der Waals surface area contributed by atoms with Crippen molar-refractivity contribution >= 4 is 0 Å². The van der Waals surface area contributed by atoms with Crippen molar-refractivity contribution in [3.8, 4) is 0 Å². The summed E-state index contributed by atoms with van der Waals surface area (Å²) in [5, 5.41) is 0. The average molecular weight is 140 g/mol. The van der Waals surface area contributed by atoms with Crippen LogP contribution in [-0.2, 0) is 0 Å². The number of unbranched alkanes of at least 4 members (excludes halogenated alkanes) is 3. The van der Waals surface area contributed by atoms with Crippen molar-refractivity contribution < 1.29 is 0 Å². The Morgan fingerprint density at radius 3 is 2.20 bits per heavy atom. The third-order valence-electron chi connectivity index (χ3n) is 1.21. The molecule has 0 aromatic rings. The summed E-state index contributed by atoms with van der Waals surface area (Å²) in [6.45, 7) is 10.3. The summed E-state index contributed by atoms with van der Waals surface area (Å²) in [7, 11) is 0. The molecule has 0 amide bonds. The molecule has 0 unspecified atom stereocenters. The van der Waals surface area contributed by atoms with Crippen LogP contribution in [0.3, 0.4) is 0 Å². The Bertz CT molecular complexity index is 62.4. The lowest BCUT2D eigenvalue weighted by Gasteiger charge is -1.88. The number of hydrogen-bond acceptors (Lipinski definition) is 0. The smallest absolute Gasteiger partial charge is 0.0351 e. The molecule has 60 valence electrons. The zero-order chi connectivity index (χ0) is 8.24. The molecule has 0 bridgehead atoms. The minimum absolute atomic E-state index is 1.27. The predicted octanol–water partition coefficient (Wildman–Crippen LogP) is 3.95. The fourth-order valence-corrected chi connectivity index (χ4v) is 0.679. The van der Waals surface area contributed by atoms with E-state index in [0.717, 1.165) is 0 Å². The first-order chi connectivity index (χ1) is 4.91. The van der Waals surface area contributed by atoms with Crippen molar-refractivity contribution in [2.75, 3.05) is 0 Å². The van der Waals surface area contributed by atoms with Crippen LogP contribution in [0.25, 0.3) is 0 Å². The summed E-state index contributed by atoms with van der Waals surface area (Å²) in [5.74, 6) is 0. The second-order valence-corrected chi connectivity index (χ2v) is 2.06. The molecule has 0 heteroatoms. The van der Waals surface area contributed by atoms with E-state index in [4.69, 9.17) is 0 Å². The van der Waals surface area contributed by atoms with E-state index in [0.29, 0.717) is 0 Å². The lowest BCUT2D eigenvalue weighted by Crippen LogP contribution is -1.68. The van der Waals surface area contributed by atoms with Crippen LogP contribution < -0.4 is 0 Å². The Morgan fingerprint density at radius 2 is 1.80 bits per heavy atom. The Labute approximate surface area is 65.7 Å². The maximum Gasteiger partial charge on any atom is -0.0351 e. The first kappa shape index (κ1) is 12.2. The molecule has 0 atom stereocenters. The quantitative estimate of drug-likeness (QED) is 0.410.